The Balaban J connectivity index is 2.05. The van der Waals surface area contributed by atoms with E-state index >= 15 is 0 Å². The minimum Gasteiger partial charge on any atom is -0.494 e. The second kappa shape index (κ2) is 11.6. The van der Waals surface area contributed by atoms with Crippen LogP contribution in [0.5, 0.6) is 5.75 Å². The highest BCUT2D eigenvalue weighted by molar-refractivity contribution is 7.18. The molecule has 0 fully saturated rings. The van der Waals surface area contributed by atoms with Gasteiger partial charge in [-0.1, -0.05) is 13.8 Å². The summed E-state index contributed by atoms with van der Waals surface area (Å²) < 4.78 is 18.2. The number of fused-ring (bicyclic) bond motifs is 1. The number of benzene rings is 1. The molecule has 1 amide bonds. The van der Waals surface area contributed by atoms with Crippen molar-refractivity contribution in [2.24, 2.45) is 5.92 Å². The number of carbonyl (C=O) groups excluding carboxylic acids is 3. The van der Waals surface area contributed by atoms with Crippen LogP contribution in [-0.4, -0.2) is 42.2 Å². The number of aryl methyl sites for hydroxylation is 2. The van der Waals surface area contributed by atoms with Crippen molar-refractivity contribution in [1.29, 1.82) is 0 Å². The fourth-order valence-electron chi connectivity index (χ4n) is 4.09. The third-order valence-corrected chi connectivity index (χ3v) is 6.90. The van der Waals surface area contributed by atoms with E-state index in [4.69, 9.17) is 14.2 Å². The van der Waals surface area contributed by atoms with E-state index in [2.05, 4.69) is 5.32 Å². The van der Waals surface area contributed by atoms with E-state index < -0.39 is 11.9 Å². The molecule has 0 aliphatic carbocycles. The molecule has 0 bridgehead atoms. The molecule has 0 unspecified atom stereocenters. The van der Waals surface area contributed by atoms with Crippen LogP contribution in [0.1, 0.15) is 76.3 Å². The lowest BCUT2D eigenvalue weighted by Gasteiger charge is -2.10. The highest BCUT2D eigenvalue weighted by Gasteiger charge is 2.29. The number of esters is 2. The number of rotatable bonds is 10. The van der Waals surface area contributed by atoms with E-state index in [0.29, 0.717) is 24.4 Å². The molecule has 36 heavy (non-hydrogen) atoms. The van der Waals surface area contributed by atoms with E-state index in [1.54, 1.807) is 13.8 Å². The van der Waals surface area contributed by atoms with Crippen molar-refractivity contribution in [2.45, 2.75) is 55.0 Å². The average Bonchev–Trinajstić information content (AvgIpc) is 3.31. The van der Waals surface area contributed by atoms with Gasteiger partial charge in [0.05, 0.1) is 25.4 Å². The second-order valence-electron chi connectivity index (χ2n) is 8.76. The molecule has 0 radical (unpaired) electrons. The summed E-state index contributed by atoms with van der Waals surface area (Å²) in [6.45, 7) is 14.6. The number of aromatic nitrogens is 1. The average molecular weight is 515 g/mol. The zero-order chi connectivity index (χ0) is 26.6. The summed E-state index contributed by atoms with van der Waals surface area (Å²) in [4.78, 5) is 39.4. The third-order valence-electron chi connectivity index (χ3n) is 5.72. The third kappa shape index (κ3) is 5.41. The minimum atomic E-state index is -0.599. The molecule has 1 aromatic carbocycles. The summed E-state index contributed by atoms with van der Waals surface area (Å²) in [6, 6.07) is 5.75. The first-order valence-corrected chi connectivity index (χ1v) is 13.0. The summed E-state index contributed by atoms with van der Waals surface area (Å²) in [5.74, 6) is -0.605. The Labute approximate surface area is 215 Å². The summed E-state index contributed by atoms with van der Waals surface area (Å²) in [5, 5.41) is 4.06. The largest absolute Gasteiger partial charge is 0.494 e. The molecule has 0 saturated heterocycles. The van der Waals surface area contributed by atoms with Crippen molar-refractivity contribution in [3.8, 4) is 5.75 Å². The number of nitrogens with zero attached hydrogens (tertiary/aromatic N) is 1. The molecular weight excluding hydrogens is 480 g/mol. The van der Waals surface area contributed by atoms with Gasteiger partial charge in [0.2, 0.25) is 0 Å². The molecule has 3 rings (SSSR count). The molecule has 0 aliphatic heterocycles. The van der Waals surface area contributed by atoms with Gasteiger partial charge in [-0.3, -0.25) is 4.79 Å². The zero-order valence-corrected chi connectivity index (χ0v) is 22.8. The minimum absolute atomic E-state index is 0.167. The van der Waals surface area contributed by atoms with Crippen molar-refractivity contribution in [3.05, 3.63) is 45.5 Å². The Hall–Kier alpha value is -3.33. The SMILES string of the molecule is CCOC(=O)c1c(NC(=O)c2c(C)c3cc(OCC)ccc3n2CC)sc(C(=O)OCC(C)C)c1C. The van der Waals surface area contributed by atoms with Crippen molar-refractivity contribution >= 4 is 45.1 Å². The summed E-state index contributed by atoms with van der Waals surface area (Å²) >= 11 is 1.02. The predicted molar refractivity (Wildman–Crippen MR) is 142 cm³/mol. The first kappa shape index (κ1) is 27.3. The smallest absolute Gasteiger partial charge is 0.348 e. The van der Waals surface area contributed by atoms with Gasteiger partial charge in [-0.25, -0.2) is 9.59 Å². The first-order chi connectivity index (χ1) is 17.1. The van der Waals surface area contributed by atoms with Crippen LogP contribution in [0, 0.1) is 19.8 Å². The maximum atomic E-state index is 13.6. The molecule has 3 aromatic rings. The normalized spacial score (nSPS) is 11.1. The molecule has 0 spiro atoms. The number of hydrogen-bond donors (Lipinski definition) is 1. The number of anilines is 1. The summed E-state index contributed by atoms with van der Waals surface area (Å²) in [6.07, 6.45) is 0. The van der Waals surface area contributed by atoms with Crippen molar-refractivity contribution in [1.82, 2.24) is 4.57 Å². The van der Waals surface area contributed by atoms with Crippen LogP contribution in [0.2, 0.25) is 0 Å². The number of ether oxygens (including phenoxy) is 3. The van der Waals surface area contributed by atoms with E-state index in [-0.39, 0.29) is 40.5 Å². The van der Waals surface area contributed by atoms with Gasteiger partial charge < -0.3 is 24.1 Å². The lowest BCUT2D eigenvalue weighted by atomic mass is 10.1. The van der Waals surface area contributed by atoms with Crippen LogP contribution in [0.4, 0.5) is 5.00 Å². The lowest BCUT2D eigenvalue weighted by molar-refractivity contribution is 0.0464. The van der Waals surface area contributed by atoms with Crippen LogP contribution in [0.25, 0.3) is 10.9 Å². The number of hydrogen-bond acceptors (Lipinski definition) is 7. The van der Waals surface area contributed by atoms with Gasteiger partial charge in [-0.05, 0) is 69.9 Å². The maximum Gasteiger partial charge on any atom is 0.348 e. The number of amides is 1. The Morgan fingerprint density at radius 3 is 2.33 bits per heavy atom. The quantitative estimate of drug-likeness (QED) is 0.334. The monoisotopic (exact) mass is 514 g/mol. The van der Waals surface area contributed by atoms with Gasteiger partial charge in [0.1, 0.15) is 21.3 Å². The molecule has 9 heteroatoms. The highest BCUT2D eigenvalue weighted by Crippen LogP contribution is 2.36. The second-order valence-corrected chi connectivity index (χ2v) is 9.78. The van der Waals surface area contributed by atoms with Gasteiger partial charge >= 0.3 is 11.9 Å². The van der Waals surface area contributed by atoms with Crippen molar-refractivity contribution in [2.75, 3.05) is 25.1 Å². The lowest BCUT2D eigenvalue weighted by Crippen LogP contribution is -2.19. The molecule has 194 valence electrons. The van der Waals surface area contributed by atoms with E-state index in [0.717, 1.165) is 33.6 Å². The fraction of sp³-hybridized carbons (Fsp3) is 0.444. The van der Waals surface area contributed by atoms with Crippen LogP contribution >= 0.6 is 11.3 Å². The fourth-order valence-corrected chi connectivity index (χ4v) is 5.18. The molecular formula is C27H34N2O6S. The highest BCUT2D eigenvalue weighted by atomic mass is 32.1. The Morgan fingerprint density at radius 1 is 1.00 bits per heavy atom. The van der Waals surface area contributed by atoms with Crippen LogP contribution in [0.15, 0.2) is 18.2 Å². The Bertz CT molecular complexity index is 1290. The number of thiophene rings is 1. The molecule has 0 aliphatic rings. The number of carbonyl (C=O) groups is 3. The molecule has 0 saturated carbocycles. The van der Waals surface area contributed by atoms with Crippen molar-refractivity contribution < 1.29 is 28.6 Å². The molecule has 0 atom stereocenters. The Morgan fingerprint density at radius 2 is 1.72 bits per heavy atom. The van der Waals surface area contributed by atoms with Crippen molar-refractivity contribution in [3.63, 3.8) is 0 Å². The van der Waals surface area contributed by atoms with Crippen LogP contribution < -0.4 is 10.1 Å². The van der Waals surface area contributed by atoms with Gasteiger partial charge in [-0.15, -0.1) is 11.3 Å². The summed E-state index contributed by atoms with van der Waals surface area (Å²) in [5.41, 5.74) is 2.78. The molecule has 1 N–H and O–H groups in total. The number of nitrogens with one attached hydrogen (secondary N) is 1. The Kier molecular flexibility index (Phi) is 8.79. The molecule has 2 heterocycles. The van der Waals surface area contributed by atoms with E-state index in [9.17, 15) is 14.4 Å². The summed E-state index contributed by atoms with van der Waals surface area (Å²) in [7, 11) is 0. The maximum absolute atomic E-state index is 13.6. The van der Waals surface area contributed by atoms with Gasteiger partial charge in [0.25, 0.3) is 5.91 Å². The topological polar surface area (TPSA) is 95.9 Å². The van der Waals surface area contributed by atoms with Gasteiger partial charge in [-0.2, -0.15) is 0 Å². The molecule has 8 nitrogen and oxygen atoms in total. The van der Waals surface area contributed by atoms with Crippen LogP contribution in [0.3, 0.4) is 0 Å². The van der Waals surface area contributed by atoms with Crippen LogP contribution in [-0.2, 0) is 16.0 Å². The zero-order valence-electron chi connectivity index (χ0n) is 21.9. The molecule has 2 aromatic heterocycles. The van der Waals surface area contributed by atoms with E-state index in [1.165, 1.54) is 0 Å². The standard InChI is InChI=1S/C27H34N2O6S/c1-8-29-20-12-11-18(33-9-2)13-19(20)16(6)22(29)24(30)28-25-21(26(31)34-10-3)17(7)23(36-25)27(32)35-14-15(4)5/h11-13,15H,8-10,14H2,1-7H3,(H,28,30). The predicted octanol–water partition coefficient (Wildman–Crippen LogP) is 5.98. The first-order valence-electron chi connectivity index (χ1n) is 12.2. The van der Waals surface area contributed by atoms with Gasteiger partial charge in [0, 0.05) is 17.4 Å². The van der Waals surface area contributed by atoms with E-state index in [1.807, 2.05) is 57.4 Å². The van der Waals surface area contributed by atoms with Gasteiger partial charge in [0.15, 0.2) is 0 Å².